The van der Waals surface area contributed by atoms with E-state index in [1.54, 1.807) is 0 Å². The lowest BCUT2D eigenvalue weighted by Gasteiger charge is -2.06. The van der Waals surface area contributed by atoms with E-state index >= 15 is 0 Å². The van der Waals surface area contributed by atoms with Crippen LogP contribution in [0.2, 0.25) is 5.02 Å². The van der Waals surface area contributed by atoms with Crippen LogP contribution >= 0.6 is 22.9 Å². The second-order valence-corrected chi connectivity index (χ2v) is 9.78. The van der Waals surface area contributed by atoms with Crippen LogP contribution in [0.3, 0.4) is 0 Å². The number of nitrogen functional groups attached to an aromatic ring is 1. The first kappa shape index (κ1) is 21.6. The Labute approximate surface area is 210 Å². The van der Waals surface area contributed by atoms with E-state index in [1.165, 1.54) is 22.2 Å². The lowest BCUT2D eigenvalue weighted by atomic mass is 10.1. The molecule has 3 heterocycles. The Morgan fingerprint density at radius 3 is 2.54 bits per heavy atom. The summed E-state index contributed by atoms with van der Waals surface area (Å²) >= 11 is 7.31. The maximum atomic E-state index is 13.2. The number of hydrogen-bond acceptors (Lipinski definition) is 4. The van der Waals surface area contributed by atoms with Crippen molar-refractivity contribution >= 4 is 72.2 Å². The quantitative estimate of drug-likeness (QED) is 0.264. The number of carbonyl (C=O) groups excluding carboxylic acids is 1. The van der Waals surface area contributed by atoms with E-state index in [-0.39, 0.29) is 5.91 Å². The molecule has 0 unspecified atom stereocenters. The number of nitrogens with two attached hydrogens (primary N) is 1. The van der Waals surface area contributed by atoms with Crippen molar-refractivity contribution < 1.29 is 4.79 Å². The lowest BCUT2D eigenvalue weighted by Crippen LogP contribution is -2.11. The third-order valence-electron chi connectivity index (χ3n) is 6.29. The molecule has 0 saturated carbocycles. The number of nitrogens with one attached hydrogen (secondary N) is 1. The smallest absolute Gasteiger partial charge is 0.267 e. The molecule has 3 N–H and O–H groups in total. The molecule has 1 amide bonds. The third kappa shape index (κ3) is 3.62. The number of rotatable bonds is 4. The zero-order valence-electron chi connectivity index (χ0n) is 18.9. The van der Waals surface area contributed by atoms with E-state index in [9.17, 15) is 4.79 Å². The molecule has 5 nitrogen and oxygen atoms in total. The van der Waals surface area contributed by atoms with Crippen molar-refractivity contribution in [3.63, 3.8) is 0 Å². The van der Waals surface area contributed by atoms with Crippen molar-refractivity contribution in [2.24, 2.45) is 0 Å². The summed E-state index contributed by atoms with van der Waals surface area (Å²) in [5.74, 6) is -0.239. The highest BCUT2D eigenvalue weighted by molar-refractivity contribution is 7.21. The van der Waals surface area contributed by atoms with Gasteiger partial charge in [0.15, 0.2) is 0 Å². The summed E-state index contributed by atoms with van der Waals surface area (Å²) in [5, 5.41) is 6.76. The lowest BCUT2D eigenvalue weighted by molar-refractivity contribution is 0.103. The standard InChI is InChI=1S/C28H21ClN4OS/c1-2-33-23-6-4-3-5-19(23)21-15-18(11-14-24(21)33)31-27(34)26-25(30)20-12-13-22(32-28(20)35-26)16-7-9-17(29)10-8-16/h3-15H,2,30H2,1H3,(H,31,34). The largest absolute Gasteiger partial charge is 0.397 e. The molecule has 0 atom stereocenters. The van der Waals surface area contributed by atoms with Gasteiger partial charge < -0.3 is 15.6 Å². The molecule has 0 bridgehead atoms. The zero-order valence-corrected chi connectivity index (χ0v) is 20.5. The van der Waals surface area contributed by atoms with Gasteiger partial charge in [-0.25, -0.2) is 4.98 Å². The van der Waals surface area contributed by atoms with Crippen LogP contribution < -0.4 is 11.1 Å². The topological polar surface area (TPSA) is 72.9 Å². The van der Waals surface area contributed by atoms with E-state index in [4.69, 9.17) is 22.3 Å². The molecule has 0 aliphatic rings. The Morgan fingerprint density at radius 1 is 0.971 bits per heavy atom. The SMILES string of the molecule is CCn1c2ccccc2c2cc(NC(=O)c3sc4nc(-c5ccc(Cl)cc5)ccc4c3N)ccc21. The minimum absolute atomic E-state index is 0.239. The van der Waals surface area contributed by atoms with Gasteiger partial charge in [-0.1, -0.05) is 41.9 Å². The van der Waals surface area contributed by atoms with E-state index < -0.39 is 0 Å². The number of nitrogens with zero attached hydrogens (tertiary/aromatic N) is 2. The Bertz CT molecular complexity index is 1750. The number of fused-ring (bicyclic) bond motifs is 4. The summed E-state index contributed by atoms with van der Waals surface area (Å²) in [7, 11) is 0. The van der Waals surface area contributed by atoms with Crippen LogP contribution in [0, 0.1) is 0 Å². The van der Waals surface area contributed by atoms with Crippen LogP contribution in [-0.4, -0.2) is 15.5 Å². The van der Waals surface area contributed by atoms with Crippen LogP contribution in [0.5, 0.6) is 0 Å². The summed E-state index contributed by atoms with van der Waals surface area (Å²) in [6.45, 7) is 3.01. The molecule has 6 rings (SSSR count). The van der Waals surface area contributed by atoms with Crippen LogP contribution in [0.4, 0.5) is 11.4 Å². The molecule has 3 aromatic carbocycles. The highest BCUT2D eigenvalue weighted by Crippen LogP contribution is 2.36. The van der Waals surface area contributed by atoms with Crippen molar-refractivity contribution in [2.45, 2.75) is 13.5 Å². The van der Waals surface area contributed by atoms with E-state index in [2.05, 4.69) is 35.0 Å². The predicted octanol–water partition coefficient (Wildman–Crippen LogP) is 7.58. The Balaban J connectivity index is 1.35. The first-order valence-corrected chi connectivity index (χ1v) is 12.5. The molecule has 0 aliphatic heterocycles. The monoisotopic (exact) mass is 496 g/mol. The molecule has 3 aromatic heterocycles. The number of pyridine rings is 1. The average molecular weight is 497 g/mol. The molecule has 6 aromatic rings. The number of halogens is 1. The Hall–Kier alpha value is -3.87. The Morgan fingerprint density at radius 2 is 1.74 bits per heavy atom. The van der Waals surface area contributed by atoms with Gasteiger partial charge >= 0.3 is 0 Å². The van der Waals surface area contributed by atoms with Gasteiger partial charge in [0.05, 0.1) is 11.4 Å². The number of aromatic nitrogens is 2. The molecule has 7 heteroatoms. The van der Waals surface area contributed by atoms with Crippen LogP contribution in [0.25, 0.3) is 43.3 Å². The fourth-order valence-electron chi connectivity index (χ4n) is 4.61. The average Bonchev–Trinajstić information content (AvgIpc) is 3.38. The highest BCUT2D eigenvalue weighted by atomic mass is 35.5. The molecule has 0 spiro atoms. The van der Waals surface area contributed by atoms with Gasteiger partial charge in [-0.05, 0) is 55.5 Å². The minimum Gasteiger partial charge on any atom is -0.397 e. The molecular formula is C28H21ClN4OS. The molecule has 0 aliphatic carbocycles. The summed E-state index contributed by atoms with van der Waals surface area (Å²) in [6, 6.07) is 25.7. The summed E-state index contributed by atoms with van der Waals surface area (Å²) < 4.78 is 2.28. The van der Waals surface area contributed by atoms with Gasteiger partial charge in [-0.15, -0.1) is 11.3 Å². The second-order valence-electron chi connectivity index (χ2n) is 8.35. The number of carbonyl (C=O) groups is 1. The van der Waals surface area contributed by atoms with Crippen LogP contribution in [-0.2, 0) is 6.54 Å². The van der Waals surface area contributed by atoms with E-state index in [1.807, 2.05) is 60.7 Å². The molecule has 35 heavy (non-hydrogen) atoms. The summed E-state index contributed by atoms with van der Waals surface area (Å²) in [4.78, 5) is 19.2. The number of amides is 1. The van der Waals surface area contributed by atoms with Crippen LogP contribution in [0.15, 0.2) is 78.9 Å². The molecule has 0 radical (unpaired) electrons. The Kier molecular flexibility index (Phi) is 5.20. The molecule has 172 valence electrons. The van der Waals surface area contributed by atoms with Gasteiger partial charge in [0.25, 0.3) is 5.91 Å². The van der Waals surface area contributed by atoms with E-state index in [0.717, 1.165) is 44.6 Å². The second kappa shape index (κ2) is 8.41. The van der Waals surface area contributed by atoms with E-state index in [0.29, 0.717) is 15.6 Å². The van der Waals surface area contributed by atoms with Crippen molar-refractivity contribution in [3.05, 3.63) is 88.8 Å². The number of thiophene rings is 1. The maximum Gasteiger partial charge on any atom is 0.267 e. The first-order chi connectivity index (χ1) is 17.0. The highest BCUT2D eigenvalue weighted by Gasteiger charge is 2.19. The van der Waals surface area contributed by atoms with Gasteiger partial charge in [-0.2, -0.15) is 0 Å². The van der Waals surface area contributed by atoms with Gasteiger partial charge in [0.1, 0.15) is 9.71 Å². The number of benzene rings is 3. The number of hydrogen-bond donors (Lipinski definition) is 2. The molecule has 0 saturated heterocycles. The molecular weight excluding hydrogens is 476 g/mol. The fraction of sp³-hybridized carbons (Fsp3) is 0.0714. The number of para-hydroxylation sites is 1. The van der Waals surface area contributed by atoms with Crippen molar-refractivity contribution in [3.8, 4) is 11.3 Å². The van der Waals surface area contributed by atoms with Gasteiger partial charge in [0, 0.05) is 50.0 Å². The minimum atomic E-state index is -0.239. The summed E-state index contributed by atoms with van der Waals surface area (Å²) in [5.41, 5.74) is 11.6. The number of anilines is 2. The van der Waals surface area contributed by atoms with Crippen LogP contribution in [0.1, 0.15) is 16.6 Å². The number of aryl methyl sites for hydroxylation is 1. The third-order valence-corrected chi connectivity index (χ3v) is 7.65. The zero-order chi connectivity index (χ0) is 24.1. The van der Waals surface area contributed by atoms with Gasteiger partial charge in [0.2, 0.25) is 0 Å². The first-order valence-electron chi connectivity index (χ1n) is 11.3. The fourth-order valence-corrected chi connectivity index (χ4v) is 5.72. The van der Waals surface area contributed by atoms with Crippen molar-refractivity contribution in [2.75, 3.05) is 11.1 Å². The predicted molar refractivity (Wildman–Crippen MR) is 148 cm³/mol. The maximum absolute atomic E-state index is 13.2. The van der Waals surface area contributed by atoms with Gasteiger partial charge in [-0.3, -0.25) is 4.79 Å². The van der Waals surface area contributed by atoms with Crippen molar-refractivity contribution in [1.82, 2.24) is 9.55 Å². The summed E-state index contributed by atoms with van der Waals surface area (Å²) in [6.07, 6.45) is 0. The molecule has 0 fully saturated rings. The normalized spacial score (nSPS) is 11.5. The van der Waals surface area contributed by atoms with Crippen molar-refractivity contribution in [1.29, 1.82) is 0 Å².